The van der Waals surface area contributed by atoms with Gasteiger partial charge in [0.15, 0.2) is 0 Å². The van der Waals surface area contributed by atoms with Gasteiger partial charge in [0.05, 0.1) is 6.04 Å². The van der Waals surface area contributed by atoms with Crippen molar-refractivity contribution in [1.29, 1.82) is 0 Å². The molecular formula is C21H21FN4O2. The third-order valence-electron chi connectivity index (χ3n) is 4.92. The summed E-state index contributed by atoms with van der Waals surface area (Å²) >= 11 is 0. The van der Waals surface area contributed by atoms with Crippen molar-refractivity contribution in [3.63, 3.8) is 0 Å². The Morgan fingerprint density at radius 1 is 1.11 bits per heavy atom. The predicted octanol–water partition coefficient (Wildman–Crippen LogP) is 2.89. The van der Waals surface area contributed by atoms with Gasteiger partial charge in [-0.15, -0.1) is 0 Å². The number of carbonyl (C=O) groups excluding carboxylic acids is 2. The van der Waals surface area contributed by atoms with Crippen molar-refractivity contribution in [3.8, 4) is 0 Å². The smallest absolute Gasteiger partial charge is 0.315 e. The number of aromatic nitrogens is 1. The molecule has 4 rings (SSSR count). The summed E-state index contributed by atoms with van der Waals surface area (Å²) in [7, 11) is 0. The summed E-state index contributed by atoms with van der Waals surface area (Å²) in [6.45, 7) is 1.51. The van der Waals surface area contributed by atoms with Crippen molar-refractivity contribution >= 4 is 28.5 Å². The lowest BCUT2D eigenvalue weighted by Gasteiger charge is -2.17. The van der Waals surface area contributed by atoms with Crippen LogP contribution in [0.5, 0.6) is 0 Å². The van der Waals surface area contributed by atoms with Gasteiger partial charge >= 0.3 is 6.03 Å². The minimum absolute atomic E-state index is 0.0873. The number of urea groups is 1. The molecule has 6 nitrogen and oxygen atoms in total. The average Bonchev–Trinajstić information content (AvgIpc) is 3.26. The molecule has 0 aliphatic carbocycles. The highest BCUT2D eigenvalue weighted by molar-refractivity contribution is 5.96. The molecule has 2 heterocycles. The van der Waals surface area contributed by atoms with Crippen LogP contribution in [-0.4, -0.2) is 35.6 Å². The average molecular weight is 380 g/mol. The van der Waals surface area contributed by atoms with Gasteiger partial charge in [-0.25, -0.2) is 9.18 Å². The number of anilines is 1. The Kier molecular flexibility index (Phi) is 4.97. The fourth-order valence-corrected chi connectivity index (χ4v) is 3.54. The highest BCUT2D eigenvalue weighted by atomic mass is 19.1. The van der Waals surface area contributed by atoms with Gasteiger partial charge in [-0.3, -0.25) is 4.79 Å². The summed E-state index contributed by atoms with van der Waals surface area (Å²) in [6.07, 6.45) is 2.23. The van der Waals surface area contributed by atoms with E-state index >= 15 is 0 Å². The summed E-state index contributed by atoms with van der Waals surface area (Å²) in [6, 6.07) is 15.3. The molecular weight excluding hydrogens is 359 g/mol. The molecule has 0 bridgehead atoms. The van der Waals surface area contributed by atoms with E-state index in [1.807, 2.05) is 30.5 Å². The number of nitrogens with zero attached hydrogens (tertiary/aromatic N) is 2. The number of carbonyl (C=O) groups is 2. The highest BCUT2D eigenvalue weighted by Crippen LogP contribution is 2.21. The topological polar surface area (TPSA) is 66.4 Å². The van der Waals surface area contributed by atoms with E-state index in [4.69, 9.17) is 0 Å². The molecule has 1 atom stereocenters. The first-order valence-electron chi connectivity index (χ1n) is 9.24. The zero-order valence-electron chi connectivity index (χ0n) is 15.3. The zero-order chi connectivity index (χ0) is 19.5. The fourth-order valence-electron chi connectivity index (χ4n) is 3.54. The van der Waals surface area contributed by atoms with Crippen LogP contribution < -0.4 is 15.5 Å². The fraction of sp³-hybridized carbons (Fsp3) is 0.238. The van der Waals surface area contributed by atoms with Crippen molar-refractivity contribution in [2.45, 2.75) is 19.0 Å². The van der Waals surface area contributed by atoms with E-state index in [2.05, 4.69) is 21.3 Å². The zero-order valence-corrected chi connectivity index (χ0v) is 15.3. The minimum atomic E-state index is -0.347. The molecule has 7 heteroatoms. The molecule has 0 saturated carbocycles. The van der Waals surface area contributed by atoms with E-state index in [1.165, 1.54) is 12.1 Å². The third kappa shape index (κ3) is 3.83. The molecule has 1 aromatic heterocycles. The molecule has 1 aliphatic heterocycles. The number of hydrogen-bond acceptors (Lipinski definition) is 2. The van der Waals surface area contributed by atoms with E-state index < -0.39 is 0 Å². The second-order valence-corrected chi connectivity index (χ2v) is 6.85. The molecule has 28 heavy (non-hydrogen) atoms. The van der Waals surface area contributed by atoms with E-state index in [0.717, 1.165) is 10.9 Å². The number of amides is 3. The van der Waals surface area contributed by atoms with E-state index in [1.54, 1.807) is 17.0 Å². The Morgan fingerprint density at radius 2 is 1.89 bits per heavy atom. The molecule has 0 spiro atoms. The number of hydrogen-bond donors (Lipinski definition) is 2. The first kappa shape index (κ1) is 18.0. The lowest BCUT2D eigenvalue weighted by molar-refractivity contribution is -0.117. The largest absolute Gasteiger partial charge is 0.346 e. The van der Waals surface area contributed by atoms with Gasteiger partial charge in [-0.05, 0) is 41.8 Å². The normalized spacial score (nSPS) is 16.5. The number of nitrogens with one attached hydrogen (secondary N) is 2. The number of fused-ring (bicyclic) bond motifs is 1. The van der Waals surface area contributed by atoms with Gasteiger partial charge in [-0.1, -0.05) is 18.2 Å². The molecule has 2 N–H and O–H groups in total. The molecule has 0 radical (unpaired) electrons. The summed E-state index contributed by atoms with van der Waals surface area (Å²) in [5.74, 6) is -0.435. The van der Waals surface area contributed by atoms with Gasteiger partial charge in [0.1, 0.15) is 5.82 Å². The van der Waals surface area contributed by atoms with Gasteiger partial charge in [0, 0.05) is 43.5 Å². The molecule has 1 unspecified atom stereocenters. The Hall–Kier alpha value is -3.35. The van der Waals surface area contributed by atoms with E-state index in [-0.39, 0.29) is 30.2 Å². The van der Waals surface area contributed by atoms with Crippen molar-refractivity contribution in [3.05, 3.63) is 66.6 Å². The molecule has 3 amide bonds. The van der Waals surface area contributed by atoms with Gasteiger partial charge in [-0.2, -0.15) is 0 Å². The van der Waals surface area contributed by atoms with Crippen LogP contribution in [-0.2, 0) is 11.3 Å². The Labute approximate surface area is 161 Å². The van der Waals surface area contributed by atoms with Gasteiger partial charge in [0.2, 0.25) is 5.91 Å². The quantitative estimate of drug-likeness (QED) is 0.715. The van der Waals surface area contributed by atoms with Crippen LogP contribution in [0.4, 0.5) is 14.9 Å². The number of para-hydroxylation sites is 1. The van der Waals surface area contributed by atoms with Crippen molar-refractivity contribution in [2.24, 2.45) is 0 Å². The van der Waals surface area contributed by atoms with E-state index in [0.29, 0.717) is 25.3 Å². The number of benzene rings is 2. The van der Waals surface area contributed by atoms with Crippen LogP contribution in [0.2, 0.25) is 0 Å². The Balaban J connectivity index is 1.27. The standard InChI is InChI=1S/C21H21FN4O2/c22-16-5-7-18(8-6-16)26-14-17(13-20(26)27)24-21(28)23-10-12-25-11-9-15-3-1-2-4-19(15)25/h1-9,11,17H,10,12-14H2,(H2,23,24,28). The van der Waals surface area contributed by atoms with Gasteiger partial charge in [0.25, 0.3) is 0 Å². The molecule has 3 aromatic rings. The Bertz CT molecular complexity index is 999. The molecule has 1 fully saturated rings. The summed E-state index contributed by atoms with van der Waals surface area (Å²) in [5, 5.41) is 6.85. The van der Waals surface area contributed by atoms with Crippen LogP contribution in [0.25, 0.3) is 10.9 Å². The lowest BCUT2D eigenvalue weighted by atomic mass is 10.2. The third-order valence-corrected chi connectivity index (χ3v) is 4.92. The highest BCUT2D eigenvalue weighted by Gasteiger charge is 2.31. The minimum Gasteiger partial charge on any atom is -0.346 e. The second kappa shape index (κ2) is 7.72. The maximum absolute atomic E-state index is 13.1. The van der Waals surface area contributed by atoms with Crippen molar-refractivity contribution in [2.75, 3.05) is 18.0 Å². The SMILES string of the molecule is O=C(NCCn1ccc2ccccc21)NC1CC(=O)N(c2ccc(F)cc2)C1. The maximum atomic E-state index is 13.1. The first-order chi connectivity index (χ1) is 13.6. The summed E-state index contributed by atoms with van der Waals surface area (Å²) < 4.78 is 15.1. The van der Waals surface area contributed by atoms with Gasteiger partial charge < -0.3 is 20.1 Å². The van der Waals surface area contributed by atoms with Crippen LogP contribution in [0.15, 0.2) is 60.8 Å². The maximum Gasteiger partial charge on any atom is 0.315 e. The lowest BCUT2D eigenvalue weighted by Crippen LogP contribution is -2.44. The molecule has 144 valence electrons. The van der Waals surface area contributed by atoms with Crippen molar-refractivity contribution in [1.82, 2.24) is 15.2 Å². The van der Waals surface area contributed by atoms with Crippen molar-refractivity contribution < 1.29 is 14.0 Å². The molecule has 1 saturated heterocycles. The van der Waals surface area contributed by atoms with E-state index in [9.17, 15) is 14.0 Å². The summed E-state index contributed by atoms with van der Waals surface area (Å²) in [4.78, 5) is 25.9. The second-order valence-electron chi connectivity index (χ2n) is 6.85. The molecule has 2 aromatic carbocycles. The monoisotopic (exact) mass is 380 g/mol. The summed E-state index contributed by atoms with van der Waals surface area (Å²) in [5.41, 5.74) is 1.76. The van der Waals surface area contributed by atoms with Crippen LogP contribution in [0.1, 0.15) is 6.42 Å². The predicted molar refractivity (Wildman–Crippen MR) is 106 cm³/mol. The number of rotatable bonds is 5. The molecule has 1 aliphatic rings. The Morgan fingerprint density at radius 3 is 2.71 bits per heavy atom. The number of halogens is 1. The van der Waals surface area contributed by atoms with Crippen LogP contribution in [0.3, 0.4) is 0 Å². The first-order valence-corrected chi connectivity index (χ1v) is 9.24. The van der Waals surface area contributed by atoms with Crippen LogP contribution >= 0.6 is 0 Å². The van der Waals surface area contributed by atoms with Crippen LogP contribution in [0, 0.1) is 5.82 Å².